The zero-order valence-corrected chi connectivity index (χ0v) is 11.7. The lowest BCUT2D eigenvalue weighted by Gasteiger charge is -2.27. The highest BCUT2D eigenvalue weighted by Gasteiger charge is 2.15. The average Bonchev–Trinajstić information content (AvgIpc) is 2.76. The van der Waals surface area contributed by atoms with Crippen LogP contribution >= 0.6 is 0 Å². The quantitative estimate of drug-likeness (QED) is 0.791. The van der Waals surface area contributed by atoms with Gasteiger partial charge in [0.25, 0.3) is 0 Å². The minimum atomic E-state index is 0.350. The number of rotatable bonds is 7. The van der Waals surface area contributed by atoms with Gasteiger partial charge >= 0.3 is 0 Å². The summed E-state index contributed by atoms with van der Waals surface area (Å²) < 4.78 is 5.10. The van der Waals surface area contributed by atoms with Gasteiger partial charge in [-0.1, -0.05) is 13.8 Å². The summed E-state index contributed by atoms with van der Waals surface area (Å²) in [4.78, 5) is 2.30. The maximum absolute atomic E-state index is 5.10. The second-order valence-corrected chi connectivity index (χ2v) is 5.43. The fourth-order valence-electron chi connectivity index (χ4n) is 1.97. The van der Waals surface area contributed by atoms with E-state index < -0.39 is 0 Å². The Bertz CT molecular complexity index is 293. The third-order valence-electron chi connectivity index (χ3n) is 3.18. The molecular weight excluding hydrogens is 212 g/mol. The van der Waals surface area contributed by atoms with Crippen molar-refractivity contribution in [3.8, 4) is 0 Å². The predicted octanol–water partition coefficient (Wildman–Crippen LogP) is 2.91. The average molecular weight is 238 g/mol. The van der Waals surface area contributed by atoms with Crippen molar-refractivity contribution >= 4 is 0 Å². The molecule has 0 amide bonds. The van der Waals surface area contributed by atoms with Crippen LogP contribution in [0.4, 0.5) is 0 Å². The van der Waals surface area contributed by atoms with Crippen molar-refractivity contribution < 1.29 is 4.42 Å². The lowest BCUT2D eigenvalue weighted by molar-refractivity contribution is 0.242. The number of furan rings is 1. The molecule has 1 N–H and O–H groups in total. The van der Waals surface area contributed by atoms with Crippen LogP contribution in [0.5, 0.6) is 0 Å². The molecule has 0 bridgehead atoms. The van der Waals surface area contributed by atoms with Gasteiger partial charge in [-0.3, -0.25) is 0 Å². The molecule has 0 saturated heterocycles. The van der Waals surface area contributed by atoms with E-state index in [0.29, 0.717) is 12.1 Å². The topological polar surface area (TPSA) is 28.4 Å². The zero-order valence-electron chi connectivity index (χ0n) is 11.7. The van der Waals surface area contributed by atoms with E-state index in [1.807, 2.05) is 12.3 Å². The molecule has 3 heteroatoms. The Morgan fingerprint density at radius 1 is 1.29 bits per heavy atom. The molecule has 3 nitrogen and oxygen atoms in total. The van der Waals surface area contributed by atoms with Crippen LogP contribution in [-0.2, 0) is 0 Å². The van der Waals surface area contributed by atoms with Crippen LogP contribution in [0.15, 0.2) is 23.0 Å². The Balaban J connectivity index is 2.41. The fraction of sp³-hybridized carbons (Fsp3) is 0.714. The van der Waals surface area contributed by atoms with Crippen LogP contribution in [0.25, 0.3) is 0 Å². The Labute approximate surface area is 105 Å². The second-order valence-electron chi connectivity index (χ2n) is 5.43. The third-order valence-corrected chi connectivity index (χ3v) is 3.18. The summed E-state index contributed by atoms with van der Waals surface area (Å²) in [5.41, 5.74) is 1.21. The molecule has 0 fully saturated rings. The largest absolute Gasteiger partial charge is 0.472 e. The molecule has 98 valence electrons. The zero-order chi connectivity index (χ0) is 12.8. The Morgan fingerprint density at radius 3 is 2.47 bits per heavy atom. The van der Waals surface area contributed by atoms with Gasteiger partial charge in [0.05, 0.1) is 12.5 Å². The first-order valence-electron chi connectivity index (χ1n) is 6.42. The van der Waals surface area contributed by atoms with E-state index in [4.69, 9.17) is 4.42 Å². The monoisotopic (exact) mass is 238 g/mol. The van der Waals surface area contributed by atoms with Crippen LogP contribution in [0, 0.1) is 5.92 Å². The van der Waals surface area contributed by atoms with Crippen molar-refractivity contribution in [3.05, 3.63) is 24.2 Å². The highest BCUT2D eigenvalue weighted by atomic mass is 16.3. The van der Waals surface area contributed by atoms with Gasteiger partial charge in [-0.15, -0.1) is 0 Å². The fourth-order valence-corrected chi connectivity index (χ4v) is 1.97. The minimum Gasteiger partial charge on any atom is -0.472 e. The summed E-state index contributed by atoms with van der Waals surface area (Å²) in [7, 11) is 4.30. The normalized spacial score (nSPS) is 15.5. The van der Waals surface area contributed by atoms with Gasteiger partial charge in [-0.05, 0) is 39.4 Å². The molecular formula is C14H26N2O. The van der Waals surface area contributed by atoms with E-state index in [-0.39, 0.29) is 0 Å². The van der Waals surface area contributed by atoms with E-state index >= 15 is 0 Å². The molecule has 0 spiro atoms. The van der Waals surface area contributed by atoms with Crippen molar-refractivity contribution in [2.45, 2.75) is 39.3 Å². The molecule has 0 aliphatic heterocycles. The molecule has 1 rings (SSSR count). The number of nitrogens with one attached hydrogen (secondary N) is 1. The van der Waals surface area contributed by atoms with Crippen molar-refractivity contribution in [2.75, 3.05) is 20.6 Å². The van der Waals surface area contributed by atoms with Crippen LogP contribution in [0.3, 0.4) is 0 Å². The number of hydrogen-bond donors (Lipinski definition) is 1. The highest BCUT2D eigenvalue weighted by molar-refractivity contribution is 5.10. The van der Waals surface area contributed by atoms with E-state index in [1.165, 1.54) is 12.0 Å². The Morgan fingerprint density at radius 2 is 2.00 bits per heavy atom. The smallest absolute Gasteiger partial charge is 0.0950 e. The van der Waals surface area contributed by atoms with Gasteiger partial charge in [0.15, 0.2) is 0 Å². The number of likely N-dealkylation sites (N-methyl/N-ethyl adjacent to an activating group) is 1. The first-order chi connectivity index (χ1) is 8.00. The van der Waals surface area contributed by atoms with Gasteiger partial charge in [0, 0.05) is 24.2 Å². The molecule has 2 atom stereocenters. The molecule has 17 heavy (non-hydrogen) atoms. The number of nitrogens with zero attached hydrogens (tertiary/aromatic N) is 1. The van der Waals surface area contributed by atoms with Crippen molar-refractivity contribution in [3.63, 3.8) is 0 Å². The molecule has 0 aliphatic carbocycles. The summed E-state index contributed by atoms with van der Waals surface area (Å²) in [6, 6.07) is 2.96. The van der Waals surface area contributed by atoms with Gasteiger partial charge in [-0.2, -0.15) is 0 Å². The summed E-state index contributed by atoms with van der Waals surface area (Å²) in [5.74, 6) is 0.730. The van der Waals surface area contributed by atoms with E-state index in [2.05, 4.69) is 45.1 Å². The van der Waals surface area contributed by atoms with Crippen LogP contribution in [0.2, 0.25) is 0 Å². The van der Waals surface area contributed by atoms with E-state index in [1.54, 1.807) is 6.26 Å². The highest BCUT2D eigenvalue weighted by Crippen LogP contribution is 2.14. The Hall–Kier alpha value is -0.800. The van der Waals surface area contributed by atoms with Crippen molar-refractivity contribution in [1.29, 1.82) is 0 Å². The van der Waals surface area contributed by atoms with Gasteiger partial charge in [0.1, 0.15) is 0 Å². The molecule has 0 radical (unpaired) electrons. The molecule has 0 saturated carbocycles. The van der Waals surface area contributed by atoms with Crippen molar-refractivity contribution in [1.82, 2.24) is 10.2 Å². The van der Waals surface area contributed by atoms with E-state index in [0.717, 1.165) is 12.5 Å². The standard InChI is InChI=1S/C14H26N2O/c1-11(2)8-14(16(4)5)9-15-12(3)13-6-7-17-10-13/h6-7,10-12,14-15H,8-9H2,1-5H3. The summed E-state index contributed by atoms with van der Waals surface area (Å²) in [6.45, 7) is 7.73. The third kappa shape index (κ3) is 4.92. The van der Waals surface area contributed by atoms with E-state index in [9.17, 15) is 0 Å². The molecule has 1 heterocycles. The maximum Gasteiger partial charge on any atom is 0.0950 e. The van der Waals surface area contributed by atoms with Crippen LogP contribution in [-0.4, -0.2) is 31.6 Å². The SMILES string of the molecule is CC(C)CC(CNC(C)c1ccoc1)N(C)C. The van der Waals surface area contributed by atoms with Crippen LogP contribution in [0.1, 0.15) is 38.8 Å². The molecule has 1 aromatic rings. The van der Waals surface area contributed by atoms with Gasteiger partial charge in [-0.25, -0.2) is 0 Å². The number of hydrogen-bond acceptors (Lipinski definition) is 3. The van der Waals surface area contributed by atoms with Crippen molar-refractivity contribution in [2.24, 2.45) is 5.92 Å². The summed E-state index contributed by atoms with van der Waals surface area (Å²) >= 11 is 0. The molecule has 1 aromatic heterocycles. The maximum atomic E-state index is 5.10. The lowest BCUT2D eigenvalue weighted by Crippen LogP contribution is -2.39. The molecule has 0 aliphatic rings. The Kier molecular flexibility index (Phi) is 5.72. The summed E-state index contributed by atoms with van der Waals surface area (Å²) in [5, 5.41) is 3.57. The first-order valence-corrected chi connectivity index (χ1v) is 6.42. The summed E-state index contributed by atoms with van der Waals surface area (Å²) in [6.07, 6.45) is 4.76. The predicted molar refractivity (Wildman–Crippen MR) is 72.1 cm³/mol. The lowest BCUT2D eigenvalue weighted by atomic mass is 10.0. The van der Waals surface area contributed by atoms with Gasteiger partial charge < -0.3 is 14.6 Å². The molecule has 0 aromatic carbocycles. The van der Waals surface area contributed by atoms with Gasteiger partial charge in [0.2, 0.25) is 0 Å². The second kappa shape index (κ2) is 6.82. The van der Waals surface area contributed by atoms with Crippen LogP contribution < -0.4 is 5.32 Å². The first kappa shape index (κ1) is 14.3. The minimum absolute atomic E-state index is 0.350. The molecule has 2 unspecified atom stereocenters.